The molecule has 1 aliphatic rings. The third kappa shape index (κ3) is 4.74. The maximum Gasteiger partial charge on any atom is 0.341 e. The fraction of sp³-hybridized carbons (Fsp3) is 0.350. The van der Waals surface area contributed by atoms with Crippen molar-refractivity contribution < 1.29 is 19.1 Å². The quantitative estimate of drug-likeness (QED) is 0.729. The summed E-state index contributed by atoms with van der Waals surface area (Å²) in [4.78, 5) is 39.1. The third-order valence-corrected chi connectivity index (χ3v) is 6.63. The van der Waals surface area contributed by atoms with Crippen LogP contribution in [0.4, 0.5) is 5.00 Å². The van der Waals surface area contributed by atoms with Gasteiger partial charge in [-0.15, -0.1) is 23.1 Å². The summed E-state index contributed by atoms with van der Waals surface area (Å²) in [6, 6.07) is 9.95. The topological polar surface area (TPSA) is 75.7 Å². The van der Waals surface area contributed by atoms with E-state index in [0.717, 1.165) is 21.8 Å². The highest BCUT2D eigenvalue weighted by molar-refractivity contribution is 7.99. The standard InChI is InChI=1S/C20H22N2O4S2/c1-13(23)22-9-8-15-16(10-22)28-19(18(15)20(25)26-2)21-17(24)12-27-11-14-6-4-3-5-7-14/h3-7H,8-12H2,1-2H3,(H,21,24). The molecule has 8 heteroatoms. The number of thiophene rings is 1. The molecule has 0 saturated heterocycles. The van der Waals surface area contributed by atoms with Crippen molar-refractivity contribution in [3.05, 3.63) is 51.9 Å². The lowest BCUT2D eigenvalue weighted by Gasteiger charge is -2.25. The number of esters is 1. The van der Waals surface area contributed by atoms with E-state index in [4.69, 9.17) is 4.74 Å². The van der Waals surface area contributed by atoms with Gasteiger partial charge in [0.25, 0.3) is 0 Å². The molecule has 1 aromatic carbocycles. The number of benzene rings is 1. The van der Waals surface area contributed by atoms with E-state index in [1.165, 1.54) is 37.1 Å². The van der Waals surface area contributed by atoms with Crippen LogP contribution in [0.15, 0.2) is 30.3 Å². The van der Waals surface area contributed by atoms with Crippen LogP contribution in [0.5, 0.6) is 0 Å². The van der Waals surface area contributed by atoms with Crippen LogP contribution in [0.3, 0.4) is 0 Å². The van der Waals surface area contributed by atoms with Crippen LogP contribution in [0.1, 0.15) is 33.3 Å². The number of carbonyl (C=O) groups is 3. The van der Waals surface area contributed by atoms with Crippen molar-refractivity contribution in [3.63, 3.8) is 0 Å². The second-order valence-electron chi connectivity index (χ2n) is 6.42. The molecule has 2 amide bonds. The Kier molecular flexibility index (Phi) is 6.74. The Balaban J connectivity index is 1.69. The first-order valence-electron chi connectivity index (χ1n) is 8.89. The maximum atomic E-state index is 12.4. The molecule has 1 aliphatic heterocycles. The molecule has 1 aromatic heterocycles. The molecule has 148 valence electrons. The zero-order chi connectivity index (χ0) is 20.1. The fourth-order valence-electron chi connectivity index (χ4n) is 3.08. The number of fused-ring (bicyclic) bond motifs is 1. The van der Waals surface area contributed by atoms with E-state index < -0.39 is 5.97 Å². The van der Waals surface area contributed by atoms with Crippen LogP contribution >= 0.6 is 23.1 Å². The average Bonchev–Trinajstić information content (AvgIpc) is 3.05. The number of hydrogen-bond acceptors (Lipinski definition) is 6. The van der Waals surface area contributed by atoms with Crippen molar-refractivity contribution in [2.45, 2.75) is 25.6 Å². The maximum absolute atomic E-state index is 12.4. The van der Waals surface area contributed by atoms with E-state index in [1.54, 1.807) is 4.90 Å². The average molecular weight is 419 g/mol. The largest absolute Gasteiger partial charge is 0.465 e. The van der Waals surface area contributed by atoms with Gasteiger partial charge in [0.05, 0.1) is 25.0 Å². The molecule has 0 fully saturated rings. The van der Waals surface area contributed by atoms with Gasteiger partial charge < -0.3 is 15.0 Å². The minimum atomic E-state index is -0.457. The molecule has 0 bridgehead atoms. The Morgan fingerprint density at radius 2 is 2.00 bits per heavy atom. The van der Waals surface area contributed by atoms with E-state index in [9.17, 15) is 14.4 Å². The highest BCUT2D eigenvalue weighted by Crippen LogP contribution is 2.37. The molecule has 2 aromatic rings. The molecule has 1 N–H and O–H groups in total. The molecule has 3 rings (SSSR count). The summed E-state index contributed by atoms with van der Waals surface area (Å²) in [5.41, 5.74) is 2.46. The number of anilines is 1. The molecule has 0 spiro atoms. The first kappa shape index (κ1) is 20.4. The van der Waals surface area contributed by atoms with Crippen molar-refractivity contribution in [1.29, 1.82) is 0 Å². The Morgan fingerprint density at radius 1 is 1.25 bits per heavy atom. The SMILES string of the molecule is COC(=O)c1c(NC(=O)CSCc2ccccc2)sc2c1CCN(C(C)=O)C2. The Morgan fingerprint density at radius 3 is 2.68 bits per heavy atom. The first-order chi connectivity index (χ1) is 13.5. The summed E-state index contributed by atoms with van der Waals surface area (Å²) < 4.78 is 4.93. The van der Waals surface area contributed by atoms with Crippen molar-refractivity contribution in [2.24, 2.45) is 0 Å². The summed E-state index contributed by atoms with van der Waals surface area (Å²) in [5, 5.41) is 3.37. The lowest BCUT2D eigenvalue weighted by Crippen LogP contribution is -2.33. The Hall–Kier alpha value is -2.32. The van der Waals surface area contributed by atoms with Crippen molar-refractivity contribution in [1.82, 2.24) is 4.90 Å². The number of amides is 2. The number of methoxy groups -OCH3 is 1. The molecule has 0 unspecified atom stereocenters. The molecule has 0 saturated carbocycles. The Labute approximate surface area is 172 Å². The van der Waals surface area contributed by atoms with Gasteiger partial charge in [-0.2, -0.15) is 0 Å². The van der Waals surface area contributed by atoms with Crippen LogP contribution in [0, 0.1) is 0 Å². The second kappa shape index (κ2) is 9.25. The van der Waals surface area contributed by atoms with Crippen molar-refractivity contribution in [2.75, 3.05) is 24.7 Å². The number of rotatable bonds is 6. The number of nitrogens with zero attached hydrogens (tertiary/aromatic N) is 1. The van der Waals surface area contributed by atoms with Crippen LogP contribution in [0.25, 0.3) is 0 Å². The zero-order valence-corrected chi connectivity index (χ0v) is 17.5. The highest BCUT2D eigenvalue weighted by atomic mass is 32.2. The molecule has 2 heterocycles. The van der Waals surface area contributed by atoms with Gasteiger partial charge in [-0.05, 0) is 17.5 Å². The number of hydrogen-bond donors (Lipinski definition) is 1. The summed E-state index contributed by atoms with van der Waals surface area (Å²) in [5.74, 6) is 0.417. The first-order valence-corrected chi connectivity index (χ1v) is 10.9. The smallest absolute Gasteiger partial charge is 0.341 e. The monoisotopic (exact) mass is 418 g/mol. The van der Waals surface area contributed by atoms with Crippen LogP contribution in [-0.4, -0.2) is 42.1 Å². The molecule has 6 nitrogen and oxygen atoms in total. The second-order valence-corrected chi connectivity index (χ2v) is 8.51. The minimum Gasteiger partial charge on any atom is -0.465 e. The van der Waals surface area contributed by atoms with E-state index in [-0.39, 0.29) is 17.6 Å². The normalized spacial score (nSPS) is 13.0. The van der Waals surface area contributed by atoms with Crippen LogP contribution in [0.2, 0.25) is 0 Å². The van der Waals surface area contributed by atoms with Gasteiger partial charge >= 0.3 is 5.97 Å². The third-order valence-electron chi connectivity index (χ3n) is 4.49. The predicted molar refractivity (Wildman–Crippen MR) is 112 cm³/mol. The van der Waals surface area contributed by atoms with Gasteiger partial charge in [0.2, 0.25) is 11.8 Å². The zero-order valence-electron chi connectivity index (χ0n) is 15.8. The van der Waals surface area contributed by atoms with Gasteiger partial charge in [0.15, 0.2) is 0 Å². The van der Waals surface area contributed by atoms with Crippen molar-refractivity contribution >= 4 is 45.9 Å². The molecular weight excluding hydrogens is 396 g/mol. The van der Waals surface area contributed by atoms with E-state index >= 15 is 0 Å². The van der Waals surface area contributed by atoms with E-state index in [2.05, 4.69) is 5.32 Å². The summed E-state index contributed by atoms with van der Waals surface area (Å²) in [7, 11) is 1.33. The number of nitrogens with one attached hydrogen (secondary N) is 1. The van der Waals surface area contributed by atoms with Crippen LogP contribution < -0.4 is 5.32 Å². The molecule has 0 aliphatic carbocycles. The van der Waals surface area contributed by atoms with Gasteiger partial charge in [0, 0.05) is 24.1 Å². The molecule has 28 heavy (non-hydrogen) atoms. The van der Waals surface area contributed by atoms with E-state index in [0.29, 0.717) is 30.1 Å². The number of ether oxygens (including phenoxy) is 1. The lowest BCUT2D eigenvalue weighted by atomic mass is 10.0. The molecular formula is C20H22N2O4S2. The summed E-state index contributed by atoms with van der Waals surface area (Å²) in [6.07, 6.45) is 0.578. The van der Waals surface area contributed by atoms with Gasteiger partial charge in [-0.1, -0.05) is 30.3 Å². The van der Waals surface area contributed by atoms with Gasteiger partial charge in [-0.3, -0.25) is 9.59 Å². The predicted octanol–water partition coefficient (Wildman–Crippen LogP) is 3.31. The molecule has 0 atom stereocenters. The highest BCUT2D eigenvalue weighted by Gasteiger charge is 2.29. The van der Waals surface area contributed by atoms with Crippen molar-refractivity contribution in [3.8, 4) is 0 Å². The summed E-state index contributed by atoms with van der Waals surface area (Å²) >= 11 is 2.87. The van der Waals surface area contributed by atoms with Crippen LogP contribution in [-0.2, 0) is 33.0 Å². The summed E-state index contributed by atoms with van der Waals surface area (Å²) in [6.45, 7) is 2.55. The van der Waals surface area contributed by atoms with Gasteiger partial charge in [0.1, 0.15) is 5.00 Å². The minimum absolute atomic E-state index is 0.00145. The molecule has 0 radical (unpaired) electrons. The van der Waals surface area contributed by atoms with Gasteiger partial charge in [-0.25, -0.2) is 4.79 Å². The van der Waals surface area contributed by atoms with E-state index in [1.807, 2.05) is 30.3 Å². The Bertz CT molecular complexity index is 880. The number of thioether (sulfide) groups is 1. The lowest BCUT2D eigenvalue weighted by molar-refractivity contribution is -0.129. The fourth-order valence-corrected chi connectivity index (χ4v) is 5.13. The number of carbonyl (C=O) groups excluding carboxylic acids is 3.